The van der Waals surface area contributed by atoms with Crippen molar-refractivity contribution in [3.05, 3.63) is 41.5 Å². The van der Waals surface area contributed by atoms with Crippen molar-refractivity contribution in [1.82, 2.24) is 15.5 Å². The Hall–Kier alpha value is -1.88. The van der Waals surface area contributed by atoms with Gasteiger partial charge in [-0.25, -0.2) is 0 Å². The molecule has 0 bridgehead atoms. The third-order valence-electron chi connectivity index (χ3n) is 3.08. The highest BCUT2D eigenvalue weighted by Crippen LogP contribution is 2.22. The summed E-state index contributed by atoms with van der Waals surface area (Å²) in [5, 5.41) is 16.9. The fourth-order valence-corrected chi connectivity index (χ4v) is 2.02. The number of nitrogens with zero attached hydrogens (tertiary/aromatic N) is 2. The predicted octanol–water partition coefficient (Wildman–Crippen LogP) is 2.89. The standard InChI is InChI=1S/C14H19N3O2/c1-4-13(14-16-10(3)19-17-14)15-9(2)11-6-5-7-12(18)8-11/h5-9,13,15,18H,4H2,1-3H3. The van der Waals surface area contributed by atoms with E-state index in [-0.39, 0.29) is 17.8 Å². The molecule has 1 aromatic heterocycles. The van der Waals surface area contributed by atoms with Crippen LogP contribution in [0.15, 0.2) is 28.8 Å². The van der Waals surface area contributed by atoms with Gasteiger partial charge in [0.25, 0.3) is 0 Å². The number of hydrogen-bond acceptors (Lipinski definition) is 5. The molecule has 19 heavy (non-hydrogen) atoms. The highest BCUT2D eigenvalue weighted by Gasteiger charge is 2.18. The van der Waals surface area contributed by atoms with E-state index in [2.05, 4.69) is 22.4 Å². The van der Waals surface area contributed by atoms with Gasteiger partial charge in [0.1, 0.15) is 5.75 Å². The number of aromatic nitrogens is 2. The van der Waals surface area contributed by atoms with E-state index >= 15 is 0 Å². The fraction of sp³-hybridized carbons (Fsp3) is 0.429. The maximum Gasteiger partial charge on any atom is 0.223 e. The second kappa shape index (κ2) is 5.84. The Morgan fingerprint density at radius 1 is 1.42 bits per heavy atom. The van der Waals surface area contributed by atoms with E-state index < -0.39 is 0 Å². The molecule has 2 aromatic rings. The molecule has 2 rings (SSSR count). The summed E-state index contributed by atoms with van der Waals surface area (Å²) in [6, 6.07) is 7.36. The molecule has 2 unspecified atom stereocenters. The van der Waals surface area contributed by atoms with Crippen LogP contribution in [0.5, 0.6) is 5.75 Å². The topological polar surface area (TPSA) is 71.2 Å². The Kier molecular flexibility index (Phi) is 4.16. The lowest BCUT2D eigenvalue weighted by Gasteiger charge is -2.20. The van der Waals surface area contributed by atoms with E-state index in [9.17, 15) is 5.11 Å². The molecule has 0 aliphatic heterocycles. The number of aryl methyl sites for hydroxylation is 1. The zero-order valence-electron chi connectivity index (χ0n) is 11.4. The summed E-state index contributed by atoms with van der Waals surface area (Å²) in [5.41, 5.74) is 1.03. The van der Waals surface area contributed by atoms with Crippen LogP contribution in [-0.4, -0.2) is 15.2 Å². The van der Waals surface area contributed by atoms with Gasteiger partial charge in [-0.3, -0.25) is 0 Å². The summed E-state index contributed by atoms with van der Waals surface area (Å²) in [6.07, 6.45) is 0.863. The van der Waals surface area contributed by atoms with E-state index in [0.717, 1.165) is 12.0 Å². The van der Waals surface area contributed by atoms with Crippen molar-refractivity contribution in [1.29, 1.82) is 0 Å². The third kappa shape index (κ3) is 3.32. The molecule has 5 heteroatoms. The Balaban J connectivity index is 2.10. The zero-order valence-corrected chi connectivity index (χ0v) is 11.4. The van der Waals surface area contributed by atoms with Crippen LogP contribution in [0.1, 0.15) is 49.6 Å². The average molecular weight is 261 g/mol. The Morgan fingerprint density at radius 3 is 2.79 bits per heavy atom. The first kappa shape index (κ1) is 13.5. The molecule has 0 saturated carbocycles. The van der Waals surface area contributed by atoms with Crippen LogP contribution in [0.3, 0.4) is 0 Å². The molecule has 102 valence electrons. The number of phenolic OH excluding ortho intramolecular Hbond substituents is 1. The Labute approximate surface area is 112 Å². The number of rotatable bonds is 5. The van der Waals surface area contributed by atoms with Crippen molar-refractivity contribution in [3.63, 3.8) is 0 Å². The average Bonchev–Trinajstić information content (AvgIpc) is 2.82. The van der Waals surface area contributed by atoms with Gasteiger partial charge in [-0.1, -0.05) is 24.2 Å². The summed E-state index contributed by atoms with van der Waals surface area (Å²) in [5.74, 6) is 1.52. The summed E-state index contributed by atoms with van der Waals surface area (Å²) in [4.78, 5) is 4.26. The normalized spacial score (nSPS) is 14.3. The highest BCUT2D eigenvalue weighted by atomic mass is 16.5. The number of nitrogens with one attached hydrogen (secondary N) is 1. The van der Waals surface area contributed by atoms with Crippen molar-refractivity contribution in [3.8, 4) is 5.75 Å². The molecule has 1 heterocycles. The molecule has 0 radical (unpaired) electrons. The largest absolute Gasteiger partial charge is 0.508 e. The quantitative estimate of drug-likeness (QED) is 0.866. The van der Waals surface area contributed by atoms with Crippen LogP contribution >= 0.6 is 0 Å². The lowest BCUT2D eigenvalue weighted by Crippen LogP contribution is -2.25. The molecule has 0 saturated heterocycles. The lowest BCUT2D eigenvalue weighted by atomic mass is 10.1. The van der Waals surface area contributed by atoms with Gasteiger partial charge in [-0.15, -0.1) is 0 Å². The molecular weight excluding hydrogens is 242 g/mol. The van der Waals surface area contributed by atoms with Gasteiger partial charge in [0.2, 0.25) is 5.89 Å². The van der Waals surface area contributed by atoms with Crippen molar-refractivity contribution < 1.29 is 9.63 Å². The van der Waals surface area contributed by atoms with Gasteiger partial charge < -0.3 is 14.9 Å². The molecule has 0 aliphatic carbocycles. The van der Waals surface area contributed by atoms with Crippen molar-refractivity contribution in [2.45, 2.75) is 39.3 Å². The molecule has 0 fully saturated rings. The minimum absolute atomic E-state index is 0.0369. The van der Waals surface area contributed by atoms with Crippen molar-refractivity contribution in [2.75, 3.05) is 0 Å². The van der Waals surface area contributed by atoms with Crippen LogP contribution in [0, 0.1) is 6.92 Å². The molecule has 2 atom stereocenters. The minimum atomic E-state index is 0.0369. The maximum atomic E-state index is 9.51. The van der Waals surface area contributed by atoms with E-state index in [1.165, 1.54) is 0 Å². The molecule has 2 N–H and O–H groups in total. The van der Waals surface area contributed by atoms with Crippen LogP contribution in [0.4, 0.5) is 0 Å². The first-order valence-corrected chi connectivity index (χ1v) is 6.45. The zero-order chi connectivity index (χ0) is 13.8. The fourth-order valence-electron chi connectivity index (χ4n) is 2.02. The van der Waals surface area contributed by atoms with Crippen LogP contribution < -0.4 is 5.32 Å². The molecule has 0 amide bonds. The van der Waals surface area contributed by atoms with Crippen LogP contribution in [-0.2, 0) is 0 Å². The number of hydrogen-bond donors (Lipinski definition) is 2. The van der Waals surface area contributed by atoms with Gasteiger partial charge >= 0.3 is 0 Å². The minimum Gasteiger partial charge on any atom is -0.508 e. The molecule has 0 aliphatic rings. The summed E-state index contributed by atoms with van der Waals surface area (Å²) >= 11 is 0. The Bertz CT molecular complexity index is 539. The van der Waals surface area contributed by atoms with Crippen molar-refractivity contribution >= 4 is 0 Å². The van der Waals surface area contributed by atoms with E-state index in [1.54, 1.807) is 19.1 Å². The van der Waals surface area contributed by atoms with Gasteiger partial charge in [0.05, 0.1) is 6.04 Å². The van der Waals surface area contributed by atoms with Gasteiger partial charge in [-0.2, -0.15) is 4.98 Å². The van der Waals surface area contributed by atoms with Gasteiger partial charge in [0.15, 0.2) is 5.82 Å². The SMILES string of the molecule is CCC(NC(C)c1cccc(O)c1)c1noc(C)n1. The third-order valence-corrected chi connectivity index (χ3v) is 3.08. The second-order valence-corrected chi connectivity index (χ2v) is 4.62. The van der Waals surface area contributed by atoms with Crippen molar-refractivity contribution in [2.24, 2.45) is 0 Å². The summed E-state index contributed by atoms with van der Waals surface area (Å²) in [7, 11) is 0. The highest BCUT2D eigenvalue weighted by molar-refractivity contribution is 5.29. The molecule has 5 nitrogen and oxygen atoms in total. The molecular formula is C14H19N3O2. The van der Waals surface area contributed by atoms with Gasteiger partial charge in [-0.05, 0) is 31.0 Å². The summed E-state index contributed by atoms with van der Waals surface area (Å²) in [6.45, 7) is 5.89. The lowest BCUT2D eigenvalue weighted by molar-refractivity contribution is 0.367. The first-order valence-electron chi connectivity index (χ1n) is 6.45. The monoisotopic (exact) mass is 261 g/mol. The van der Waals surface area contributed by atoms with Crippen LogP contribution in [0.25, 0.3) is 0 Å². The van der Waals surface area contributed by atoms with E-state index in [0.29, 0.717) is 11.7 Å². The Morgan fingerprint density at radius 2 is 2.21 bits per heavy atom. The van der Waals surface area contributed by atoms with E-state index in [4.69, 9.17) is 4.52 Å². The molecule has 0 spiro atoms. The second-order valence-electron chi connectivity index (χ2n) is 4.62. The first-order chi connectivity index (χ1) is 9.10. The van der Waals surface area contributed by atoms with Crippen LogP contribution in [0.2, 0.25) is 0 Å². The smallest absolute Gasteiger partial charge is 0.223 e. The van der Waals surface area contributed by atoms with Gasteiger partial charge in [0, 0.05) is 13.0 Å². The number of phenols is 1. The summed E-state index contributed by atoms with van der Waals surface area (Å²) < 4.78 is 5.01. The maximum absolute atomic E-state index is 9.51. The number of aromatic hydroxyl groups is 1. The molecule has 1 aromatic carbocycles. The predicted molar refractivity (Wildman–Crippen MR) is 71.7 cm³/mol. The van der Waals surface area contributed by atoms with E-state index in [1.807, 2.05) is 19.1 Å². The number of benzene rings is 1.